The summed E-state index contributed by atoms with van der Waals surface area (Å²) in [4.78, 5) is 153. The van der Waals surface area contributed by atoms with Crippen LogP contribution < -0.4 is 59.3 Å². The number of phenolic OH excluding ortho intramolecular Hbond substituents is 1. The molecule has 0 saturated carbocycles. The van der Waals surface area contributed by atoms with Crippen molar-refractivity contribution in [1.29, 1.82) is 0 Å². The van der Waals surface area contributed by atoms with Crippen LogP contribution in [0.5, 0.6) is 5.75 Å². The van der Waals surface area contributed by atoms with Gasteiger partial charge in [-0.3, -0.25) is 56.9 Å². The van der Waals surface area contributed by atoms with E-state index in [1.54, 1.807) is 13.8 Å². The minimum Gasteiger partial charge on any atom is -0.508 e. The second-order valence-corrected chi connectivity index (χ2v) is 26.3. The number of aliphatic carboxylic acids is 1. The number of phenols is 1. The number of aliphatic hydroxyl groups is 3. The number of aromatic nitrogens is 1. The van der Waals surface area contributed by atoms with Gasteiger partial charge in [0.25, 0.3) is 0 Å². The number of benzene rings is 1. The molecule has 4 heterocycles. The SMILES string of the molecule is CC[C@H](C)[C@@H]1NC(=O)CCNC(=O)[C@@H]2Cc3c([nH]c4c(CSCCOCCOCCOCCOCCOCCN/C=C(\N)CNC(=O)C(C)CC(=O)O)c(O)ccc34)S(=O)CC(NC(=O)CNC1=O)C(=O)N[C@@H](CC(N)=O)C(=O)N1C[C@H](O)C[C@H]1C(=O)N[C@@H]([C@@H](C)[C@@H](O)CO)C(=O)N2. The van der Waals surface area contributed by atoms with Crippen LogP contribution in [-0.4, -0.2) is 270 Å². The number of nitrogens with one attached hydrogen (secondary N) is 10. The molecule has 1 aromatic heterocycles. The molecule has 12 atom stereocenters. The van der Waals surface area contributed by atoms with E-state index in [4.69, 9.17) is 40.3 Å². The number of nitrogens with zero attached hydrogens (tertiary/aromatic N) is 1. The van der Waals surface area contributed by atoms with Gasteiger partial charge in [0.15, 0.2) is 0 Å². The van der Waals surface area contributed by atoms with Crippen molar-refractivity contribution < 1.29 is 106 Å². The van der Waals surface area contributed by atoms with E-state index in [0.29, 0.717) is 64.1 Å². The lowest BCUT2D eigenvalue weighted by Gasteiger charge is -2.32. The topological polar surface area (TPSA) is 531 Å². The van der Waals surface area contributed by atoms with E-state index in [-0.39, 0.29) is 84.5 Å². The molecule has 10 amide bonds. The second kappa shape index (κ2) is 41.6. The Bertz CT molecular complexity index is 3120. The molecule has 5 rings (SSSR count). The third-order valence-corrected chi connectivity index (χ3v) is 18.6. The summed E-state index contributed by atoms with van der Waals surface area (Å²) in [7, 11) is -2.48. The Hall–Kier alpha value is -7.75. The van der Waals surface area contributed by atoms with Crippen LogP contribution in [0.25, 0.3) is 10.9 Å². The molecular formula is C61H95N13O22S2. The van der Waals surface area contributed by atoms with Crippen molar-refractivity contribution in [3.63, 3.8) is 0 Å². The first-order valence-corrected chi connectivity index (χ1v) is 34.7. The van der Waals surface area contributed by atoms with Gasteiger partial charge in [-0.1, -0.05) is 34.1 Å². The third kappa shape index (κ3) is 25.8. The number of amides is 10. The van der Waals surface area contributed by atoms with Crippen molar-refractivity contribution in [3.05, 3.63) is 35.2 Å². The Morgan fingerprint density at radius 2 is 1.45 bits per heavy atom. The molecule has 37 heteroatoms. The van der Waals surface area contributed by atoms with E-state index < -0.39 is 193 Å². The van der Waals surface area contributed by atoms with E-state index in [9.17, 15) is 73.2 Å². The summed E-state index contributed by atoms with van der Waals surface area (Å²) in [5.41, 5.74) is 12.3. The number of H-pyrrole nitrogens is 1. The Morgan fingerprint density at radius 3 is 2.08 bits per heavy atom. The minimum atomic E-state index is -2.48. The lowest BCUT2D eigenvalue weighted by atomic mass is 9.93. The molecule has 2 aromatic rings. The zero-order valence-corrected chi connectivity index (χ0v) is 57.0. The van der Waals surface area contributed by atoms with Gasteiger partial charge in [0.2, 0.25) is 59.1 Å². The number of carboxylic acids is 1. The van der Waals surface area contributed by atoms with Crippen LogP contribution in [0.2, 0.25) is 0 Å². The van der Waals surface area contributed by atoms with E-state index in [2.05, 4.69) is 52.8 Å². The molecule has 548 valence electrons. The molecule has 35 nitrogen and oxygen atoms in total. The van der Waals surface area contributed by atoms with Gasteiger partial charge in [0.05, 0.1) is 133 Å². The minimum absolute atomic E-state index is 0.0641. The average molecular weight is 1430 g/mol. The Morgan fingerprint density at radius 1 is 0.796 bits per heavy atom. The number of carbonyl (C=O) groups is 11. The summed E-state index contributed by atoms with van der Waals surface area (Å²) >= 11 is 1.34. The van der Waals surface area contributed by atoms with Gasteiger partial charge in [-0.05, 0) is 23.6 Å². The first kappa shape index (κ1) is 80.9. The summed E-state index contributed by atoms with van der Waals surface area (Å²) in [5, 5.41) is 75.5. The van der Waals surface area contributed by atoms with Crippen LogP contribution in [0.1, 0.15) is 70.9 Å². The molecule has 3 aliphatic rings. The fourth-order valence-electron chi connectivity index (χ4n) is 10.5. The van der Waals surface area contributed by atoms with E-state index >= 15 is 4.21 Å². The highest BCUT2D eigenvalue weighted by atomic mass is 32.2. The monoisotopic (exact) mass is 1430 g/mol. The fourth-order valence-corrected chi connectivity index (χ4v) is 12.8. The second-order valence-electron chi connectivity index (χ2n) is 23.7. The van der Waals surface area contributed by atoms with Crippen LogP contribution in [0.4, 0.5) is 0 Å². The number of primary amides is 1. The number of thioether (sulfide) groups is 1. The molecule has 2 bridgehead atoms. The molecule has 98 heavy (non-hydrogen) atoms. The number of aromatic amines is 1. The van der Waals surface area contributed by atoms with Gasteiger partial charge in [0.1, 0.15) is 47.0 Å². The van der Waals surface area contributed by atoms with Crippen molar-refractivity contribution in [1.82, 2.24) is 57.7 Å². The van der Waals surface area contributed by atoms with Crippen molar-refractivity contribution in [2.45, 2.75) is 125 Å². The van der Waals surface area contributed by atoms with Crippen molar-refractivity contribution in [2.24, 2.45) is 29.2 Å². The van der Waals surface area contributed by atoms with Crippen molar-refractivity contribution in [3.8, 4) is 5.75 Å². The van der Waals surface area contributed by atoms with Crippen LogP contribution in [-0.2, 0) is 99.4 Å². The lowest BCUT2D eigenvalue weighted by molar-refractivity contribution is -0.144. The Kier molecular flexibility index (Phi) is 34.4. The van der Waals surface area contributed by atoms with Crippen molar-refractivity contribution in [2.75, 3.05) is 117 Å². The Labute approximate surface area is 572 Å². The number of fused-ring (bicyclic) bond motifs is 5. The number of hydrogen-bond acceptors (Lipinski definition) is 24. The van der Waals surface area contributed by atoms with E-state index in [0.717, 1.165) is 4.90 Å². The average Bonchev–Trinajstić information content (AvgIpc) is 1.62. The highest BCUT2D eigenvalue weighted by Gasteiger charge is 2.45. The first-order valence-electron chi connectivity index (χ1n) is 32.2. The van der Waals surface area contributed by atoms with Crippen LogP contribution in [0.3, 0.4) is 0 Å². The number of aromatic hydroxyl groups is 1. The molecule has 0 radical (unpaired) electrons. The van der Waals surface area contributed by atoms with Gasteiger partial charge < -0.3 is 118 Å². The van der Waals surface area contributed by atoms with Crippen molar-refractivity contribution >= 4 is 98.5 Å². The molecule has 0 spiro atoms. The lowest BCUT2D eigenvalue weighted by Crippen LogP contribution is -2.61. The van der Waals surface area contributed by atoms with Gasteiger partial charge in [0, 0.05) is 85.1 Å². The molecule has 1 fully saturated rings. The largest absolute Gasteiger partial charge is 0.508 e. The number of carboxylic acid groups (broad SMARTS) is 1. The highest BCUT2D eigenvalue weighted by molar-refractivity contribution is 7.98. The number of nitrogens with two attached hydrogens (primary N) is 2. The molecule has 0 aliphatic carbocycles. The molecular weight excluding hydrogens is 1330 g/mol. The zero-order chi connectivity index (χ0) is 72.0. The quantitative estimate of drug-likeness (QED) is 0.0296. The number of aliphatic hydroxyl groups excluding tert-OH is 3. The number of ether oxygens (including phenoxy) is 5. The van der Waals surface area contributed by atoms with Gasteiger partial charge in [-0.2, -0.15) is 11.8 Å². The normalized spacial score (nSPS) is 23.3. The first-order chi connectivity index (χ1) is 46.7. The van der Waals surface area contributed by atoms with E-state index in [1.807, 2.05) is 0 Å². The number of rotatable bonds is 33. The Balaban J connectivity index is 1.30. The molecule has 3 aliphatic heterocycles. The standard InChI is InChI=1S/C61H95N13O22S2/c1-5-33(2)51-58(88)67-28-49(81)68-43-32-98(91)60-39(24-41(55(85)65-9-8-48(80)71-51)69-59(89)52(35(4)46(78)30-75)72-57(87)44-23-37(76)29-74(44)61(90)42(25-47(63)79)70-56(43)86)38-6-7-45(77)40(53(38)73-60)31-97-21-20-96-19-18-95-17-16-94-15-14-93-13-12-92-11-10-64-26-36(62)27-66-54(84)34(3)22-50(82)83/h6-7,26,33-35,37,41-44,46,51-52,64,73,75-78H,5,8-25,27-32,62H2,1-4H3,(H2,63,79)(H,65,85)(H,66,84)(H,67,88)(H,68,81)(H,69,89)(H,70,86)(H,71,80)(H,72,87)(H,82,83)/b36-26-/t33-,34?,35-,37+,41-,42-,43?,44-,46-,51-,52-,98?/m0/s1. The molecule has 1 aromatic carbocycles. The maximum absolute atomic E-state index is 15.3. The third-order valence-electron chi connectivity index (χ3n) is 16.2. The highest BCUT2D eigenvalue weighted by Crippen LogP contribution is 2.36. The zero-order valence-electron chi connectivity index (χ0n) is 55.4. The maximum atomic E-state index is 15.3. The number of carbonyl (C=O) groups excluding carboxylic acids is 10. The summed E-state index contributed by atoms with van der Waals surface area (Å²) in [6.07, 6.45) is -3.73. The smallest absolute Gasteiger partial charge is 0.304 e. The van der Waals surface area contributed by atoms with E-state index in [1.165, 1.54) is 43.9 Å². The molecule has 3 unspecified atom stereocenters. The van der Waals surface area contributed by atoms with Crippen LogP contribution in [0, 0.1) is 17.8 Å². The predicted octanol–water partition coefficient (Wildman–Crippen LogP) is -5.60. The summed E-state index contributed by atoms with van der Waals surface area (Å²) in [5.74, 6) is -13.7. The fraction of sp³-hybridized carbons (Fsp3) is 0.656. The summed E-state index contributed by atoms with van der Waals surface area (Å²) < 4.78 is 43.3. The van der Waals surface area contributed by atoms with Crippen LogP contribution >= 0.6 is 11.8 Å². The predicted molar refractivity (Wildman–Crippen MR) is 352 cm³/mol. The summed E-state index contributed by atoms with van der Waals surface area (Å²) in [6.45, 7) is 7.11. The van der Waals surface area contributed by atoms with Crippen LogP contribution in [0.15, 0.2) is 29.1 Å². The van der Waals surface area contributed by atoms with Gasteiger partial charge in [-0.15, -0.1) is 0 Å². The molecule has 1 saturated heterocycles. The summed E-state index contributed by atoms with van der Waals surface area (Å²) in [6, 6.07) is -7.33. The number of hydrogen-bond donors (Lipinski definition) is 17. The van der Waals surface area contributed by atoms with Gasteiger partial charge in [-0.25, -0.2) is 0 Å². The maximum Gasteiger partial charge on any atom is 0.304 e. The van der Waals surface area contributed by atoms with Gasteiger partial charge >= 0.3 is 5.97 Å². The molecule has 19 N–H and O–H groups in total.